The van der Waals surface area contributed by atoms with E-state index >= 15 is 0 Å². The average Bonchev–Trinajstić information content (AvgIpc) is 3.32. The maximum atomic E-state index is 13.1. The number of amides is 1. The number of methoxy groups -OCH3 is 1. The molecule has 1 aromatic heterocycles. The molecule has 0 saturated heterocycles. The lowest BCUT2D eigenvalue weighted by Crippen LogP contribution is -2.39. The van der Waals surface area contributed by atoms with Gasteiger partial charge in [-0.05, 0) is 43.0 Å². The third-order valence-electron chi connectivity index (χ3n) is 4.95. The Morgan fingerprint density at radius 1 is 1.32 bits per heavy atom. The van der Waals surface area contributed by atoms with Crippen LogP contribution < -0.4 is 0 Å². The second-order valence-corrected chi connectivity index (χ2v) is 7.05. The van der Waals surface area contributed by atoms with Crippen LogP contribution in [0, 0.1) is 11.7 Å². The van der Waals surface area contributed by atoms with E-state index in [9.17, 15) is 9.18 Å². The highest BCUT2D eigenvalue weighted by Crippen LogP contribution is 2.33. The van der Waals surface area contributed by atoms with Gasteiger partial charge in [-0.1, -0.05) is 0 Å². The lowest BCUT2D eigenvalue weighted by Gasteiger charge is -2.31. The van der Waals surface area contributed by atoms with E-state index in [-0.39, 0.29) is 17.6 Å². The topological polar surface area (TPSA) is 47.4 Å². The van der Waals surface area contributed by atoms with E-state index in [1.165, 1.54) is 37.1 Å². The number of benzene rings is 1. The summed E-state index contributed by atoms with van der Waals surface area (Å²) in [5.74, 6) is 0.399. The Morgan fingerprint density at radius 2 is 2.08 bits per heavy atom. The third kappa shape index (κ3) is 3.44. The molecule has 1 amide bonds. The fourth-order valence-corrected chi connectivity index (χ4v) is 3.49. The van der Waals surface area contributed by atoms with Gasteiger partial charge in [0.25, 0.3) is 5.91 Å². The Bertz CT molecular complexity index is 767. The van der Waals surface area contributed by atoms with Gasteiger partial charge in [0, 0.05) is 50.0 Å². The standard InChI is InChI=1S/C19H22FN3O2/c1-25-12-16-10-22(19(24)14-4-6-17(20)7-5-14)9-15-11-23(21-18(15)16)8-13-2-3-13/h4-7,11,13,16H,2-3,8-10,12H2,1H3/t16-/m0/s1. The van der Waals surface area contributed by atoms with Crippen molar-refractivity contribution in [1.29, 1.82) is 0 Å². The van der Waals surface area contributed by atoms with E-state index in [4.69, 9.17) is 9.84 Å². The van der Waals surface area contributed by atoms with Gasteiger partial charge in [-0.25, -0.2) is 4.39 Å². The van der Waals surface area contributed by atoms with Gasteiger partial charge < -0.3 is 9.64 Å². The van der Waals surface area contributed by atoms with Crippen LogP contribution in [-0.2, 0) is 17.8 Å². The molecule has 5 nitrogen and oxygen atoms in total. The molecule has 132 valence electrons. The van der Waals surface area contributed by atoms with Crippen LogP contribution >= 0.6 is 0 Å². The molecule has 0 unspecified atom stereocenters. The molecular formula is C19H22FN3O2. The fourth-order valence-electron chi connectivity index (χ4n) is 3.49. The van der Waals surface area contributed by atoms with Gasteiger partial charge in [0.2, 0.25) is 0 Å². The molecule has 1 aliphatic heterocycles. The van der Waals surface area contributed by atoms with Crippen LogP contribution in [0.2, 0.25) is 0 Å². The summed E-state index contributed by atoms with van der Waals surface area (Å²) in [7, 11) is 1.67. The molecule has 6 heteroatoms. The highest BCUT2D eigenvalue weighted by molar-refractivity contribution is 5.94. The molecule has 1 atom stereocenters. The van der Waals surface area contributed by atoms with Crippen LogP contribution in [0.1, 0.15) is 40.4 Å². The van der Waals surface area contributed by atoms with Crippen LogP contribution in [0.25, 0.3) is 0 Å². The lowest BCUT2D eigenvalue weighted by atomic mass is 9.96. The smallest absolute Gasteiger partial charge is 0.254 e. The zero-order valence-corrected chi connectivity index (χ0v) is 14.3. The number of carbonyl (C=O) groups excluding carboxylic acids is 1. The summed E-state index contributed by atoms with van der Waals surface area (Å²) in [6, 6.07) is 5.72. The Labute approximate surface area is 146 Å². The van der Waals surface area contributed by atoms with Gasteiger partial charge in [-0.2, -0.15) is 5.10 Å². The molecule has 2 aliphatic rings. The number of nitrogens with zero attached hydrogens (tertiary/aromatic N) is 3. The summed E-state index contributed by atoms with van der Waals surface area (Å²) < 4.78 is 20.5. The van der Waals surface area contributed by atoms with Crippen LogP contribution in [0.5, 0.6) is 0 Å². The van der Waals surface area contributed by atoms with Crippen molar-refractivity contribution in [3.63, 3.8) is 0 Å². The predicted molar refractivity (Wildman–Crippen MR) is 90.7 cm³/mol. The van der Waals surface area contributed by atoms with Gasteiger partial charge in [0.1, 0.15) is 5.82 Å². The fraction of sp³-hybridized carbons (Fsp3) is 0.474. The highest BCUT2D eigenvalue weighted by Gasteiger charge is 2.32. The van der Waals surface area contributed by atoms with E-state index in [1.54, 1.807) is 7.11 Å². The van der Waals surface area contributed by atoms with Crippen LogP contribution in [0.15, 0.2) is 30.5 Å². The van der Waals surface area contributed by atoms with E-state index in [0.717, 1.165) is 23.7 Å². The predicted octanol–water partition coefficient (Wildman–Crippen LogP) is 2.82. The highest BCUT2D eigenvalue weighted by atomic mass is 19.1. The summed E-state index contributed by atoms with van der Waals surface area (Å²) in [6.07, 6.45) is 4.63. The van der Waals surface area contributed by atoms with Crippen molar-refractivity contribution in [3.05, 3.63) is 53.1 Å². The van der Waals surface area contributed by atoms with E-state index in [1.807, 2.05) is 9.58 Å². The number of carbonyl (C=O) groups is 1. The van der Waals surface area contributed by atoms with Crippen LogP contribution in [0.3, 0.4) is 0 Å². The van der Waals surface area contributed by atoms with Gasteiger partial charge in [-0.15, -0.1) is 0 Å². The number of halogens is 1. The molecule has 1 saturated carbocycles. The minimum Gasteiger partial charge on any atom is -0.384 e. The summed E-state index contributed by atoms with van der Waals surface area (Å²) in [5.41, 5.74) is 2.64. The molecular weight excluding hydrogens is 321 g/mol. The third-order valence-corrected chi connectivity index (χ3v) is 4.95. The van der Waals surface area contributed by atoms with Crippen molar-refractivity contribution in [2.24, 2.45) is 5.92 Å². The summed E-state index contributed by atoms with van der Waals surface area (Å²) in [4.78, 5) is 14.6. The quantitative estimate of drug-likeness (QED) is 0.839. The first-order valence-corrected chi connectivity index (χ1v) is 8.74. The maximum absolute atomic E-state index is 13.1. The van der Waals surface area contributed by atoms with Crippen molar-refractivity contribution in [2.45, 2.75) is 31.8 Å². The van der Waals surface area contributed by atoms with Crippen molar-refractivity contribution in [2.75, 3.05) is 20.3 Å². The molecule has 4 rings (SSSR count). The number of fused-ring (bicyclic) bond motifs is 1. The molecule has 2 aromatic rings. The number of aromatic nitrogens is 2. The first-order valence-electron chi connectivity index (χ1n) is 8.74. The number of rotatable bonds is 5. The van der Waals surface area contributed by atoms with Crippen LogP contribution in [-0.4, -0.2) is 40.8 Å². The van der Waals surface area contributed by atoms with Crippen LogP contribution in [0.4, 0.5) is 4.39 Å². The van der Waals surface area contributed by atoms with Crippen molar-refractivity contribution in [3.8, 4) is 0 Å². The first-order chi connectivity index (χ1) is 12.1. The molecule has 1 fully saturated rings. The lowest BCUT2D eigenvalue weighted by molar-refractivity contribution is 0.0678. The van der Waals surface area contributed by atoms with E-state index in [0.29, 0.717) is 25.3 Å². The van der Waals surface area contributed by atoms with Crippen molar-refractivity contribution in [1.82, 2.24) is 14.7 Å². The number of ether oxygens (including phenoxy) is 1. The molecule has 2 heterocycles. The average molecular weight is 343 g/mol. The van der Waals surface area contributed by atoms with Crippen molar-refractivity contribution >= 4 is 5.91 Å². The van der Waals surface area contributed by atoms with Gasteiger partial charge >= 0.3 is 0 Å². The molecule has 0 bridgehead atoms. The van der Waals surface area contributed by atoms with E-state index in [2.05, 4.69) is 6.20 Å². The number of hydrogen-bond acceptors (Lipinski definition) is 3. The second-order valence-electron chi connectivity index (χ2n) is 7.05. The Kier molecular flexibility index (Phi) is 4.29. The zero-order valence-electron chi connectivity index (χ0n) is 14.3. The normalized spacial score (nSPS) is 19.8. The Hall–Kier alpha value is -2.21. The van der Waals surface area contributed by atoms with Gasteiger partial charge in [0.15, 0.2) is 0 Å². The zero-order chi connectivity index (χ0) is 17.4. The molecule has 0 radical (unpaired) electrons. The van der Waals surface area contributed by atoms with Gasteiger partial charge in [0.05, 0.1) is 12.3 Å². The largest absolute Gasteiger partial charge is 0.384 e. The Morgan fingerprint density at radius 3 is 2.76 bits per heavy atom. The summed E-state index contributed by atoms with van der Waals surface area (Å²) in [6.45, 7) is 2.59. The molecule has 1 aliphatic carbocycles. The van der Waals surface area contributed by atoms with Crippen molar-refractivity contribution < 1.29 is 13.9 Å². The SMILES string of the molecule is COC[C@@H]1CN(C(=O)c2ccc(F)cc2)Cc2cn(CC3CC3)nc21. The monoisotopic (exact) mass is 343 g/mol. The minimum absolute atomic E-state index is 0.0681. The molecule has 0 spiro atoms. The number of hydrogen-bond donors (Lipinski definition) is 0. The second kappa shape index (κ2) is 6.59. The molecule has 1 aromatic carbocycles. The maximum Gasteiger partial charge on any atom is 0.254 e. The first kappa shape index (κ1) is 16.3. The summed E-state index contributed by atoms with van der Waals surface area (Å²) >= 11 is 0. The Balaban J connectivity index is 1.57. The van der Waals surface area contributed by atoms with E-state index < -0.39 is 0 Å². The molecule has 25 heavy (non-hydrogen) atoms. The van der Waals surface area contributed by atoms with Gasteiger partial charge in [-0.3, -0.25) is 9.48 Å². The minimum atomic E-state index is -0.337. The molecule has 0 N–H and O–H groups in total. The summed E-state index contributed by atoms with van der Waals surface area (Å²) in [5, 5.41) is 4.76.